The Bertz CT molecular complexity index is 1220. The van der Waals surface area contributed by atoms with Crippen molar-refractivity contribution in [1.29, 1.82) is 0 Å². The van der Waals surface area contributed by atoms with Crippen LogP contribution in [0.4, 0.5) is 10.5 Å². The van der Waals surface area contributed by atoms with Gasteiger partial charge in [-0.25, -0.2) is 4.79 Å². The zero-order chi connectivity index (χ0) is 22.5. The number of ether oxygens (including phenoxy) is 2. The van der Waals surface area contributed by atoms with Gasteiger partial charge in [0.05, 0.1) is 14.2 Å². The highest BCUT2D eigenvalue weighted by atomic mass is 79.9. The summed E-state index contributed by atoms with van der Waals surface area (Å²) in [6, 6.07) is 21.2. The Morgan fingerprint density at radius 2 is 1.75 bits per heavy atom. The summed E-state index contributed by atoms with van der Waals surface area (Å²) in [4.78, 5) is 15.9. The number of hydrogen-bond donors (Lipinski definition) is 3. The number of urea groups is 1. The smallest absolute Gasteiger partial charge is 0.319 e. The van der Waals surface area contributed by atoms with Gasteiger partial charge in [0.25, 0.3) is 0 Å². The van der Waals surface area contributed by atoms with Crippen LogP contribution in [0.5, 0.6) is 11.5 Å². The predicted octanol–water partition coefficient (Wildman–Crippen LogP) is 5.90. The molecule has 0 aliphatic carbocycles. The lowest BCUT2D eigenvalue weighted by Crippen LogP contribution is -2.32. The lowest BCUT2D eigenvalue weighted by Gasteiger charge is -2.20. The Hall–Kier alpha value is -3.45. The van der Waals surface area contributed by atoms with Gasteiger partial charge < -0.3 is 25.1 Å². The molecule has 4 rings (SSSR count). The first kappa shape index (κ1) is 21.8. The van der Waals surface area contributed by atoms with Gasteiger partial charge in [-0.15, -0.1) is 0 Å². The molecule has 7 heteroatoms. The highest BCUT2D eigenvalue weighted by molar-refractivity contribution is 9.10. The van der Waals surface area contributed by atoms with Crippen molar-refractivity contribution in [3.05, 3.63) is 88.5 Å². The molecular weight excluding hydrogens is 470 g/mol. The van der Waals surface area contributed by atoms with Gasteiger partial charge >= 0.3 is 6.03 Å². The third kappa shape index (κ3) is 4.73. The quantitative estimate of drug-likeness (QED) is 0.300. The summed E-state index contributed by atoms with van der Waals surface area (Å²) in [6.07, 6.45) is 2.00. The number of carbonyl (C=O) groups excluding carboxylic acids is 1. The van der Waals surface area contributed by atoms with E-state index in [9.17, 15) is 4.79 Å². The summed E-state index contributed by atoms with van der Waals surface area (Å²) in [5.41, 5.74) is 3.88. The summed E-state index contributed by atoms with van der Waals surface area (Å²) < 4.78 is 11.9. The van der Waals surface area contributed by atoms with Gasteiger partial charge in [-0.3, -0.25) is 0 Å². The summed E-state index contributed by atoms with van der Waals surface area (Å²) in [7, 11) is 3.23. The van der Waals surface area contributed by atoms with E-state index in [0.29, 0.717) is 18.0 Å². The maximum Gasteiger partial charge on any atom is 0.319 e. The molecule has 2 amide bonds. The number of H-pyrrole nitrogens is 1. The lowest BCUT2D eigenvalue weighted by atomic mass is 9.90. The van der Waals surface area contributed by atoms with Crippen LogP contribution in [0.15, 0.2) is 77.4 Å². The van der Waals surface area contributed by atoms with Crippen molar-refractivity contribution in [3.63, 3.8) is 0 Å². The molecule has 1 heterocycles. The van der Waals surface area contributed by atoms with Crippen LogP contribution >= 0.6 is 15.9 Å². The van der Waals surface area contributed by atoms with Gasteiger partial charge in [-0.05, 0) is 53.6 Å². The van der Waals surface area contributed by atoms with E-state index in [0.717, 1.165) is 32.2 Å². The first-order valence-corrected chi connectivity index (χ1v) is 11.0. The molecule has 32 heavy (non-hydrogen) atoms. The number of rotatable bonds is 7. The molecule has 3 N–H and O–H groups in total. The van der Waals surface area contributed by atoms with Crippen molar-refractivity contribution in [2.24, 2.45) is 0 Å². The molecule has 0 bridgehead atoms. The summed E-state index contributed by atoms with van der Waals surface area (Å²) >= 11 is 3.40. The number of fused-ring (bicyclic) bond motifs is 1. The molecular formula is C25H24BrN3O3. The number of para-hydroxylation sites is 1. The standard InChI is InChI=1S/C25H24BrN3O3/c1-31-23-12-7-16(13-24(23)32-2)20(21-15-27-22-6-4-3-5-19(21)22)14-28-25(30)29-18-10-8-17(26)9-11-18/h3-13,15,20,27H,14H2,1-2H3,(H2,28,29,30). The molecule has 164 valence electrons. The van der Waals surface area contributed by atoms with Crippen LogP contribution < -0.4 is 20.1 Å². The number of amides is 2. The summed E-state index contributed by atoms with van der Waals surface area (Å²) in [5.74, 6) is 1.21. The number of methoxy groups -OCH3 is 2. The lowest BCUT2D eigenvalue weighted by molar-refractivity contribution is 0.252. The van der Waals surface area contributed by atoms with E-state index in [-0.39, 0.29) is 11.9 Å². The molecule has 0 saturated heterocycles. The Kier molecular flexibility index (Phi) is 6.66. The largest absolute Gasteiger partial charge is 0.493 e. The highest BCUT2D eigenvalue weighted by Crippen LogP contribution is 2.35. The van der Waals surface area contributed by atoms with Gasteiger partial charge in [-0.1, -0.05) is 40.2 Å². The second kappa shape index (κ2) is 9.78. The number of nitrogens with one attached hydrogen (secondary N) is 3. The van der Waals surface area contributed by atoms with Crippen LogP contribution in [0.3, 0.4) is 0 Å². The molecule has 1 unspecified atom stereocenters. The Morgan fingerprint density at radius 1 is 1.00 bits per heavy atom. The van der Waals surface area contributed by atoms with E-state index in [2.05, 4.69) is 37.6 Å². The topological polar surface area (TPSA) is 75.4 Å². The molecule has 0 saturated carbocycles. The monoisotopic (exact) mass is 493 g/mol. The summed E-state index contributed by atoms with van der Waals surface area (Å²) in [6.45, 7) is 0.402. The highest BCUT2D eigenvalue weighted by Gasteiger charge is 2.21. The Morgan fingerprint density at radius 3 is 2.50 bits per heavy atom. The molecule has 0 spiro atoms. The number of aromatic nitrogens is 1. The van der Waals surface area contributed by atoms with Crippen LogP contribution in [0.1, 0.15) is 17.0 Å². The van der Waals surface area contributed by atoms with Crippen LogP contribution in [0.25, 0.3) is 10.9 Å². The van der Waals surface area contributed by atoms with Crippen LogP contribution in [0.2, 0.25) is 0 Å². The fourth-order valence-electron chi connectivity index (χ4n) is 3.76. The van der Waals surface area contributed by atoms with E-state index in [1.165, 1.54) is 0 Å². The normalized spacial score (nSPS) is 11.7. The van der Waals surface area contributed by atoms with Crippen LogP contribution in [0, 0.1) is 0 Å². The fourth-order valence-corrected chi connectivity index (χ4v) is 4.03. The van der Waals surface area contributed by atoms with Gasteiger partial charge in [0, 0.05) is 39.7 Å². The molecule has 3 aromatic carbocycles. The number of halogens is 1. The molecule has 6 nitrogen and oxygen atoms in total. The molecule has 4 aromatic rings. The van der Waals surface area contributed by atoms with E-state index in [1.807, 2.05) is 66.9 Å². The minimum absolute atomic E-state index is 0.0957. The molecule has 0 radical (unpaired) electrons. The fraction of sp³-hybridized carbons (Fsp3) is 0.160. The zero-order valence-corrected chi connectivity index (χ0v) is 19.4. The number of aromatic amines is 1. The number of benzene rings is 3. The van der Waals surface area contributed by atoms with Crippen LogP contribution in [-0.2, 0) is 0 Å². The Balaban J connectivity index is 1.62. The van der Waals surface area contributed by atoms with Gasteiger partial charge in [0.2, 0.25) is 0 Å². The number of hydrogen-bond acceptors (Lipinski definition) is 3. The van der Waals surface area contributed by atoms with Gasteiger partial charge in [0.1, 0.15) is 0 Å². The van der Waals surface area contributed by atoms with E-state index in [4.69, 9.17) is 9.47 Å². The van der Waals surface area contributed by atoms with Gasteiger partial charge in [0.15, 0.2) is 11.5 Å². The van der Waals surface area contributed by atoms with E-state index in [1.54, 1.807) is 14.2 Å². The van der Waals surface area contributed by atoms with Gasteiger partial charge in [-0.2, -0.15) is 0 Å². The molecule has 0 fully saturated rings. The molecule has 1 atom stereocenters. The average molecular weight is 494 g/mol. The molecule has 1 aromatic heterocycles. The van der Waals surface area contributed by atoms with Crippen molar-refractivity contribution in [3.8, 4) is 11.5 Å². The van der Waals surface area contributed by atoms with Crippen molar-refractivity contribution < 1.29 is 14.3 Å². The molecule has 0 aliphatic rings. The summed E-state index contributed by atoms with van der Waals surface area (Å²) in [5, 5.41) is 7.00. The zero-order valence-electron chi connectivity index (χ0n) is 17.8. The average Bonchev–Trinajstić information content (AvgIpc) is 3.24. The van der Waals surface area contributed by atoms with E-state index >= 15 is 0 Å². The molecule has 0 aliphatic heterocycles. The first-order valence-electron chi connectivity index (χ1n) is 10.2. The van der Waals surface area contributed by atoms with Crippen molar-refractivity contribution in [2.75, 3.05) is 26.1 Å². The minimum Gasteiger partial charge on any atom is -0.493 e. The number of carbonyl (C=O) groups is 1. The third-order valence-electron chi connectivity index (χ3n) is 5.38. The Labute approximate surface area is 195 Å². The SMILES string of the molecule is COc1ccc(C(CNC(=O)Nc2ccc(Br)cc2)c2c[nH]c3ccccc23)cc1OC. The number of anilines is 1. The van der Waals surface area contributed by atoms with E-state index < -0.39 is 0 Å². The first-order chi connectivity index (χ1) is 15.6. The van der Waals surface area contributed by atoms with Crippen molar-refractivity contribution in [1.82, 2.24) is 10.3 Å². The second-order valence-electron chi connectivity index (χ2n) is 7.30. The maximum absolute atomic E-state index is 12.6. The third-order valence-corrected chi connectivity index (χ3v) is 5.90. The second-order valence-corrected chi connectivity index (χ2v) is 8.21. The van der Waals surface area contributed by atoms with Crippen LogP contribution in [-0.4, -0.2) is 31.8 Å². The van der Waals surface area contributed by atoms with Crippen molar-refractivity contribution >= 4 is 38.6 Å². The minimum atomic E-state index is -0.266. The predicted molar refractivity (Wildman–Crippen MR) is 131 cm³/mol. The maximum atomic E-state index is 12.6. The van der Waals surface area contributed by atoms with Crippen molar-refractivity contribution in [2.45, 2.75) is 5.92 Å².